The number of non-ortho nitro benzene ring substituents is 1. The number of benzene rings is 3. The highest BCUT2D eigenvalue weighted by molar-refractivity contribution is 6.15. The molecule has 8 nitrogen and oxygen atoms in total. The molecule has 2 aliphatic heterocycles. The first-order chi connectivity index (χ1) is 16.4. The zero-order chi connectivity index (χ0) is 23.8. The summed E-state index contributed by atoms with van der Waals surface area (Å²) in [5.41, 5.74) is 3.99. The molecule has 0 aliphatic carbocycles. The van der Waals surface area contributed by atoms with Gasteiger partial charge in [-0.15, -0.1) is 0 Å². The molecule has 5 rings (SSSR count). The summed E-state index contributed by atoms with van der Waals surface area (Å²) in [5, 5.41) is 10.9. The van der Waals surface area contributed by atoms with Crippen LogP contribution in [0.25, 0.3) is 6.08 Å². The summed E-state index contributed by atoms with van der Waals surface area (Å²) in [6.07, 6.45) is 1.60. The minimum absolute atomic E-state index is 0.0102. The lowest BCUT2D eigenvalue weighted by Gasteiger charge is -2.30. The number of rotatable bonds is 5. The number of carbonyl (C=O) groups is 1. The van der Waals surface area contributed by atoms with Gasteiger partial charge in [-0.3, -0.25) is 19.8 Å². The van der Waals surface area contributed by atoms with Crippen molar-refractivity contribution in [2.75, 3.05) is 13.8 Å². The average molecular weight is 458 g/mol. The molecule has 8 heteroatoms. The maximum absolute atomic E-state index is 13.1. The molecular weight excluding hydrogens is 436 g/mol. The van der Waals surface area contributed by atoms with E-state index in [-0.39, 0.29) is 17.2 Å². The predicted molar refractivity (Wildman–Crippen MR) is 125 cm³/mol. The largest absolute Gasteiger partial charge is 0.497 e. The first-order valence-electron chi connectivity index (χ1n) is 10.8. The van der Waals surface area contributed by atoms with E-state index < -0.39 is 4.92 Å². The van der Waals surface area contributed by atoms with Crippen molar-refractivity contribution in [3.8, 4) is 17.2 Å². The number of ketones is 1. The van der Waals surface area contributed by atoms with Gasteiger partial charge < -0.3 is 14.2 Å². The smallest absolute Gasteiger partial charge is 0.269 e. The van der Waals surface area contributed by atoms with Crippen LogP contribution in [0.5, 0.6) is 17.2 Å². The molecule has 0 unspecified atom stereocenters. The van der Waals surface area contributed by atoms with E-state index in [9.17, 15) is 14.9 Å². The molecular formula is C26H22N2O6. The van der Waals surface area contributed by atoms with Crippen LogP contribution in [0.15, 0.2) is 60.4 Å². The van der Waals surface area contributed by atoms with Gasteiger partial charge in [0.25, 0.3) is 5.69 Å². The SMILES string of the molecule is COc1ccc(CN2COc3c(cc4c(c3C)O/C(=C\c3ccc([N+](=O)[O-])cc3)C4=O)C2)cc1. The Bertz CT molecular complexity index is 1310. The Morgan fingerprint density at radius 1 is 1.12 bits per heavy atom. The standard InChI is InChI=1S/C26H22N2O6/c1-16-25-19(14-27(15-33-25)13-18-5-9-21(32-2)10-6-18)12-22-24(29)23(34-26(16)22)11-17-3-7-20(8-4-17)28(30)31/h3-12H,13-15H2,1-2H3/b23-11-. The second-order valence-electron chi connectivity index (χ2n) is 8.26. The summed E-state index contributed by atoms with van der Waals surface area (Å²) >= 11 is 0. The van der Waals surface area contributed by atoms with Crippen molar-refractivity contribution in [1.82, 2.24) is 4.90 Å². The highest BCUT2D eigenvalue weighted by Gasteiger charge is 2.33. The highest BCUT2D eigenvalue weighted by Crippen LogP contribution is 2.43. The Hall–Kier alpha value is -4.17. The van der Waals surface area contributed by atoms with Crippen LogP contribution in [0.1, 0.15) is 32.6 Å². The summed E-state index contributed by atoms with van der Waals surface area (Å²) in [4.78, 5) is 25.6. The molecule has 0 N–H and O–H groups in total. The van der Waals surface area contributed by atoms with Gasteiger partial charge in [-0.2, -0.15) is 0 Å². The van der Waals surface area contributed by atoms with Crippen LogP contribution in [0.2, 0.25) is 0 Å². The second kappa shape index (κ2) is 8.64. The number of ether oxygens (including phenoxy) is 3. The van der Waals surface area contributed by atoms with Crippen molar-refractivity contribution in [1.29, 1.82) is 0 Å². The predicted octanol–water partition coefficient (Wildman–Crippen LogP) is 4.88. The number of nitrogens with zero attached hydrogens (tertiary/aromatic N) is 2. The van der Waals surface area contributed by atoms with Gasteiger partial charge in [0.2, 0.25) is 5.78 Å². The van der Waals surface area contributed by atoms with Crippen molar-refractivity contribution < 1.29 is 23.9 Å². The molecule has 0 saturated carbocycles. The molecule has 0 fully saturated rings. The number of methoxy groups -OCH3 is 1. The average Bonchev–Trinajstić information content (AvgIpc) is 3.15. The molecule has 0 aromatic heterocycles. The Kier molecular flexibility index (Phi) is 5.51. The lowest BCUT2D eigenvalue weighted by atomic mass is 10.00. The summed E-state index contributed by atoms with van der Waals surface area (Å²) < 4.78 is 17.2. The van der Waals surface area contributed by atoms with Crippen LogP contribution in [-0.4, -0.2) is 29.4 Å². The topological polar surface area (TPSA) is 91.1 Å². The summed E-state index contributed by atoms with van der Waals surface area (Å²) in [6.45, 7) is 3.66. The van der Waals surface area contributed by atoms with E-state index in [0.717, 1.165) is 28.2 Å². The van der Waals surface area contributed by atoms with E-state index in [0.29, 0.717) is 36.7 Å². The Morgan fingerprint density at radius 3 is 2.53 bits per heavy atom. The lowest BCUT2D eigenvalue weighted by molar-refractivity contribution is -0.384. The molecule has 0 saturated heterocycles. The lowest BCUT2D eigenvalue weighted by Crippen LogP contribution is -2.32. The third-order valence-electron chi connectivity index (χ3n) is 5.97. The second-order valence-corrected chi connectivity index (χ2v) is 8.26. The number of carbonyl (C=O) groups excluding carboxylic acids is 1. The molecule has 0 radical (unpaired) electrons. The van der Waals surface area contributed by atoms with Crippen molar-refractivity contribution in [3.05, 3.63) is 98.3 Å². The van der Waals surface area contributed by atoms with Crippen LogP contribution < -0.4 is 14.2 Å². The molecule has 0 amide bonds. The number of hydrogen-bond acceptors (Lipinski definition) is 7. The third-order valence-corrected chi connectivity index (χ3v) is 5.97. The molecule has 2 heterocycles. The summed E-state index contributed by atoms with van der Waals surface area (Å²) in [7, 11) is 1.64. The Balaban J connectivity index is 1.37. The van der Waals surface area contributed by atoms with E-state index in [1.807, 2.05) is 37.3 Å². The minimum Gasteiger partial charge on any atom is -0.497 e. The van der Waals surface area contributed by atoms with Gasteiger partial charge in [-0.25, -0.2) is 0 Å². The van der Waals surface area contributed by atoms with Crippen LogP contribution in [0.3, 0.4) is 0 Å². The van der Waals surface area contributed by atoms with E-state index in [1.54, 1.807) is 25.3 Å². The molecule has 3 aromatic rings. The Morgan fingerprint density at radius 2 is 1.85 bits per heavy atom. The maximum atomic E-state index is 13.1. The number of hydrogen-bond donors (Lipinski definition) is 0. The van der Waals surface area contributed by atoms with Crippen molar-refractivity contribution in [3.63, 3.8) is 0 Å². The molecule has 0 spiro atoms. The van der Waals surface area contributed by atoms with Crippen molar-refractivity contribution in [2.24, 2.45) is 0 Å². The maximum Gasteiger partial charge on any atom is 0.269 e. The molecule has 172 valence electrons. The van der Waals surface area contributed by atoms with Gasteiger partial charge in [0.05, 0.1) is 17.6 Å². The number of allylic oxidation sites excluding steroid dienone is 1. The molecule has 34 heavy (non-hydrogen) atoms. The van der Waals surface area contributed by atoms with Crippen LogP contribution in [0, 0.1) is 17.0 Å². The molecule has 0 bridgehead atoms. The van der Waals surface area contributed by atoms with Gasteiger partial charge in [0.1, 0.15) is 24.0 Å². The number of nitro benzene ring substituents is 1. The van der Waals surface area contributed by atoms with Crippen LogP contribution in [-0.2, 0) is 13.1 Å². The third kappa shape index (κ3) is 3.99. The zero-order valence-electron chi connectivity index (χ0n) is 18.7. The number of Topliss-reactive ketones (excluding diaryl/α,β-unsaturated/α-hetero) is 1. The highest BCUT2D eigenvalue weighted by atomic mass is 16.6. The van der Waals surface area contributed by atoms with E-state index in [2.05, 4.69) is 4.90 Å². The van der Waals surface area contributed by atoms with Crippen molar-refractivity contribution >= 4 is 17.5 Å². The molecule has 3 aromatic carbocycles. The van der Waals surface area contributed by atoms with Gasteiger partial charge in [0.15, 0.2) is 5.76 Å². The van der Waals surface area contributed by atoms with Crippen LogP contribution in [0.4, 0.5) is 5.69 Å². The van der Waals surface area contributed by atoms with Gasteiger partial charge >= 0.3 is 0 Å². The molecule has 2 aliphatic rings. The van der Waals surface area contributed by atoms with Crippen LogP contribution >= 0.6 is 0 Å². The van der Waals surface area contributed by atoms with Crippen molar-refractivity contribution in [2.45, 2.75) is 20.0 Å². The first kappa shape index (κ1) is 21.7. The number of fused-ring (bicyclic) bond motifs is 2. The normalized spacial score (nSPS) is 15.9. The van der Waals surface area contributed by atoms with E-state index in [1.165, 1.54) is 12.1 Å². The monoisotopic (exact) mass is 458 g/mol. The zero-order valence-corrected chi connectivity index (χ0v) is 18.7. The van der Waals surface area contributed by atoms with Gasteiger partial charge in [0, 0.05) is 36.3 Å². The van der Waals surface area contributed by atoms with Gasteiger partial charge in [-0.1, -0.05) is 12.1 Å². The first-order valence-corrected chi connectivity index (χ1v) is 10.8. The fourth-order valence-corrected chi connectivity index (χ4v) is 4.23. The Labute approximate surface area is 196 Å². The quantitative estimate of drug-likeness (QED) is 0.306. The summed E-state index contributed by atoms with van der Waals surface area (Å²) in [6, 6.07) is 15.7. The fourth-order valence-electron chi connectivity index (χ4n) is 4.23. The fraction of sp³-hybridized carbons (Fsp3) is 0.192. The van der Waals surface area contributed by atoms with E-state index >= 15 is 0 Å². The minimum atomic E-state index is -0.462. The molecule has 0 atom stereocenters. The summed E-state index contributed by atoms with van der Waals surface area (Å²) in [5.74, 6) is 2.02. The van der Waals surface area contributed by atoms with E-state index in [4.69, 9.17) is 14.2 Å². The number of nitro groups is 1. The van der Waals surface area contributed by atoms with Gasteiger partial charge in [-0.05, 0) is 54.5 Å².